The van der Waals surface area contributed by atoms with Gasteiger partial charge in [0.25, 0.3) is 0 Å². The van der Waals surface area contributed by atoms with Gasteiger partial charge in [-0.25, -0.2) is 0 Å². The second-order valence-corrected chi connectivity index (χ2v) is 5.91. The maximum atomic E-state index is 11.1. The van der Waals surface area contributed by atoms with Crippen molar-refractivity contribution in [3.63, 3.8) is 0 Å². The van der Waals surface area contributed by atoms with Gasteiger partial charge in [-0.05, 0) is 38.8 Å². The number of rotatable bonds is 5. The molecular weight excluding hydrogens is 260 g/mol. The zero-order valence-corrected chi connectivity index (χ0v) is 11.8. The maximum absolute atomic E-state index is 11.1. The standard InChI is InChI=1S/C14H24N2O4/c17-13(18)5-8-15-6-2-4-12(10-15)16-7-1-3-11(9-16)14(19)20/h11-12H,1-10H2,(H,17,18)(H,19,20). The number of aliphatic carboxylic acids is 2. The Balaban J connectivity index is 1.84. The van der Waals surface area contributed by atoms with Gasteiger partial charge < -0.3 is 15.1 Å². The number of hydrogen-bond acceptors (Lipinski definition) is 4. The van der Waals surface area contributed by atoms with Gasteiger partial charge in [-0.1, -0.05) is 0 Å². The van der Waals surface area contributed by atoms with Crippen LogP contribution in [0.3, 0.4) is 0 Å². The number of carboxylic acids is 2. The van der Waals surface area contributed by atoms with E-state index in [4.69, 9.17) is 10.2 Å². The first kappa shape index (κ1) is 15.3. The second-order valence-electron chi connectivity index (χ2n) is 5.91. The smallest absolute Gasteiger partial charge is 0.307 e. The van der Waals surface area contributed by atoms with E-state index in [1.807, 2.05) is 0 Å². The van der Waals surface area contributed by atoms with Gasteiger partial charge in [0.05, 0.1) is 12.3 Å². The molecule has 0 saturated carbocycles. The SMILES string of the molecule is O=C(O)CCN1CCCC(N2CCCC(C(=O)O)C2)C1. The highest BCUT2D eigenvalue weighted by molar-refractivity contribution is 5.70. The molecule has 2 atom stereocenters. The maximum Gasteiger partial charge on any atom is 0.307 e. The molecule has 114 valence electrons. The molecule has 2 rings (SSSR count). The topological polar surface area (TPSA) is 81.1 Å². The third-order valence-corrected chi connectivity index (χ3v) is 4.44. The summed E-state index contributed by atoms with van der Waals surface area (Å²) in [7, 11) is 0. The summed E-state index contributed by atoms with van der Waals surface area (Å²) in [6.45, 7) is 4.05. The van der Waals surface area contributed by atoms with Crippen molar-refractivity contribution in [2.24, 2.45) is 5.92 Å². The molecule has 0 bridgehead atoms. The lowest BCUT2D eigenvalue weighted by Crippen LogP contribution is -2.52. The molecule has 0 amide bonds. The van der Waals surface area contributed by atoms with Gasteiger partial charge in [0.15, 0.2) is 0 Å². The number of nitrogens with zero attached hydrogens (tertiary/aromatic N) is 2. The molecule has 0 aromatic heterocycles. The fraction of sp³-hybridized carbons (Fsp3) is 0.857. The van der Waals surface area contributed by atoms with E-state index in [1.54, 1.807) is 0 Å². The van der Waals surface area contributed by atoms with E-state index in [2.05, 4.69) is 9.80 Å². The molecule has 2 saturated heterocycles. The van der Waals surface area contributed by atoms with Crippen molar-refractivity contribution in [1.29, 1.82) is 0 Å². The van der Waals surface area contributed by atoms with Crippen LogP contribution in [-0.4, -0.2) is 70.7 Å². The summed E-state index contributed by atoms with van der Waals surface area (Å²) in [5.74, 6) is -1.68. The Morgan fingerprint density at radius 3 is 2.50 bits per heavy atom. The van der Waals surface area contributed by atoms with Crippen molar-refractivity contribution < 1.29 is 19.8 Å². The van der Waals surface area contributed by atoms with E-state index < -0.39 is 11.9 Å². The van der Waals surface area contributed by atoms with Crippen molar-refractivity contribution >= 4 is 11.9 Å². The molecule has 2 fully saturated rings. The molecule has 2 N–H and O–H groups in total. The highest BCUT2D eigenvalue weighted by Crippen LogP contribution is 2.23. The number of carboxylic acid groups (broad SMARTS) is 2. The summed E-state index contributed by atoms with van der Waals surface area (Å²) < 4.78 is 0. The molecule has 0 spiro atoms. The van der Waals surface area contributed by atoms with E-state index in [1.165, 1.54) is 0 Å². The van der Waals surface area contributed by atoms with Gasteiger partial charge in [0, 0.05) is 25.7 Å². The fourth-order valence-corrected chi connectivity index (χ4v) is 3.33. The molecule has 0 radical (unpaired) electrons. The first-order chi connectivity index (χ1) is 9.56. The van der Waals surface area contributed by atoms with Gasteiger partial charge in [0.2, 0.25) is 0 Å². The Hall–Kier alpha value is -1.14. The summed E-state index contributed by atoms with van der Waals surface area (Å²) in [5.41, 5.74) is 0. The van der Waals surface area contributed by atoms with E-state index in [0.717, 1.165) is 45.3 Å². The average Bonchev–Trinajstić information content (AvgIpc) is 2.45. The zero-order chi connectivity index (χ0) is 14.5. The Morgan fingerprint density at radius 2 is 1.80 bits per heavy atom. The zero-order valence-electron chi connectivity index (χ0n) is 11.8. The molecule has 0 aromatic rings. The Bertz CT molecular complexity index is 361. The lowest BCUT2D eigenvalue weighted by molar-refractivity contribution is -0.144. The summed E-state index contributed by atoms with van der Waals surface area (Å²) in [5, 5.41) is 17.9. The predicted octanol–water partition coefficient (Wildman–Crippen LogP) is 0.722. The van der Waals surface area contributed by atoms with Gasteiger partial charge in [0.1, 0.15) is 0 Å². The summed E-state index contributed by atoms with van der Waals surface area (Å²) in [6.07, 6.45) is 4.07. The molecule has 2 aliphatic rings. The molecule has 6 nitrogen and oxygen atoms in total. The van der Waals surface area contributed by atoms with Crippen LogP contribution in [0.5, 0.6) is 0 Å². The minimum Gasteiger partial charge on any atom is -0.481 e. The number of piperidine rings is 2. The number of hydrogen-bond donors (Lipinski definition) is 2. The van der Waals surface area contributed by atoms with Crippen LogP contribution in [0.4, 0.5) is 0 Å². The van der Waals surface area contributed by atoms with Crippen LogP contribution >= 0.6 is 0 Å². The third kappa shape index (κ3) is 4.18. The Labute approximate surface area is 119 Å². The molecule has 0 aliphatic carbocycles. The van der Waals surface area contributed by atoms with Crippen LogP contribution in [0.25, 0.3) is 0 Å². The molecule has 0 aromatic carbocycles. The van der Waals surface area contributed by atoms with E-state index >= 15 is 0 Å². The molecule has 2 aliphatic heterocycles. The van der Waals surface area contributed by atoms with Crippen LogP contribution in [0.15, 0.2) is 0 Å². The fourth-order valence-electron chi connectivity index (χ4n) is 3.33. The van der Waals surface area contributed by atoms with Crippen molar-refractivity contribution in [2.45, 2.75) is 38.1 Å². The van der Waals surface area contributed by atoms with E-state index in [9.17, 15) is 9.59 Å². The largest absolute Gasteiger partial charge is 0.481 e. The van der Waals surface area contributed by atoms with Crippen LogP contribution in [0, 0.1) is 5.92 Å². The molecule has 2 unspecified atom stereocenters. The van der Waals surface area contributed by atoms with Crippen molar-refractivity contribution in [1.82, 2.24) is 9.80 Å². The van der Waals surface area contributed by atoms with Gasteiger partial charge in [-0.15, -0.1) is 0 Å². The van der Waals surface area contributed by atoms with Crippen LogP contribution in [0.2, 0.25) is 0 Å². The Morgan fingerprint density at radius 1 is 1.05 bits per heavy atom. The van der Waals surface area contributed by atoms with Crippen LogP contribution in [0.1, 0.15) is 32.1 Å². The first-order valence-electron chi connectivity index (χ1n) is 7.47. The summed E-state index contributed by atoms with van der Waals surface area (Å²) in [4.78, 5) is 26.3. The van der Waals surface area contributed by atoms with Crippen LogP contribution < -0.4 is 0 Å². The summed E-state index contributed by atoms with van der Waals surface area (Å²) >= 11 is 0. The summed E-state index contributed by atoms with van der Waals surface area (Å²) in [6, 6.07) is 0.389. The third-order valence-electron chi connectivity index (χ3n) is 4.44. The average molecular weight is 284 g/mol. The quantitative estimate of drug-likeness (QED) is 0.774. The molecule has 20 heavy (non-hydrogen) atoms. The molecular formula is C14H24N2O4. The first-order valence-corrected chi connectivity index (χ1v) is 7.47. The highest BCUT2D eigenvalue weighted by atomic mass is 16.4. The minimum atomic E-state index is -0.754. The Kier molecular flexibility index (Phi) is 5.37. The molecule has 2 heterocycles. The normalized spacial score (nSPS) is 29.2. The van der Waals surface area contributed by atoms with Gasteiger partial charge >= 0.3 is 11.9 Å². The van der Waals surface area contributed by atoms with Crippen molar-refractivity contribution in [3.8, 4) is 0 Å². The van der Waals surface area contributed by atoms with E-state index in [-0.39, 0.29) is 12.3 Å². The van der Waals surface area contributed by atoms with Crippen molar-refractivity contribution in [3.05, 3.63) is 0 Å². The number of carbonyl (C=O) groups is 2. The second kappa shape index (κ2) is 7.04. The molecule has 6 heteroatoms. The number of likely N-dealkylation sites (tertiary alicyclic amines) is 2. The highest BCUT2D eigenvalue weighted by Gasteiger charge is 2.31. The lowest BCUT2D eigenvalue weighted by Gasteiger charge is -2.42. The van der Waals surface area contributed by atoms with Gasteiger partial charge in [-0.3, -0.25) is 14.5 Å². The van der Waals surface area contributed by atoms with Gasteiger partial charge in [-0.2, -0.15) is 0 Å². The monoisotopic (exact) mass is 284 g/mol. The minimum absolute atomic E-state index is 0.185. The predicted molar refractivity (Wildman–Crippen MR) is 73.6 cm³/mol. The lowest BCUT2D eigenvalue weighted by atomic mass is 9.94. The van der Waals surface area contributed by atoms with Crippen LogP contribution in [-0.2, 0) is 9.59 Å². The van der Waals surface area contributed by atoms with E-state index in [0.29, 0.717) is 19.1 Å². The van der Waals surface area contributed by atoms with Crippen molar-refractivity contribution in [2.75, 3.05) is 32.7 Å².